The summed E-state index contributed by atoms with van der Waals surface area (Å²) < 4.78 is 26.8. The Bertz CT molecular complexity index is 371. The summed E-state index contributed by atoms with van der Waals surface area (Å²) in [5.74, 6) is -4.34. The Morgan fingerprint density at radius 2 is 1.87 bits per heavy atom. The summed E-state index contributed by atoms with van der Waals surface area (Å²) in [6.45, 7) is -0.600. The first-order chi connectivity index (χ1) is 6.88. The molecule has 1 aromatic carbocycles. The first-order valence-electron chi connectivity index (χ1n) is 4.13. The molecule has 1 rings (SSSR count). The average molecular weight is 238 g/mol. The number of aromatic hydroxyl groups is 2. The topological polar surface area (TPSA) is 52.5 Å². The van der Waals surface area contributed by atoms with Gasteiger partial charge in [-0.25, -0.2) is 0 Å². The van der Waals surface area contributed by atoms with Gasteiger partial charge in [-0.15, -0.1) is 0 Å². The van der Waals surface area contributed by atoms with Crippen molar-refractivity contribution in [2.24, 2.45) is 0 Å². The standard InChI is InChI=1S/C9H10ClF2NO2/c1-13-4-9(11,12)5-2-7(14)8(15)3-6(5)10/h2-3,13-15H,4H2,1H3. The van der Waals surface area contributed by atoms with Crippen molar-refractivity contribution in [3.63, 3.8) is 0 Å². The van der Waals surface area contributed by atoms with Gasteiger partial charge >= 0.3 is 0 Å². The third kappa shape index (κ3) is 2.49. The molecule has 0 saturated heterocycles. The highest BCUT2D eigenvalue weighted by molar-refractivity contribution is 6.31. The Morgan fingerprint density at radius 1 is 1.33 bits per heavy atom. The van der Waals surface area contributed by atoms with E-state index in [1.165, 1.54) is 7.05 Å². The number of alkyl halides is 2. The van der Waals surface area contributed by atoms with E-state index in [9.17, 15) is 8.78 Å². The summed E-state index contributed by atoms with van der Waals surface area (Å²) in [5.41, 5.74) is -0.520. The summed E-state index contributed by atoms with van der Waals surface area (Å²) in [7, 11) is 1.38. The Hall–Kier alpha value is -1.07. The van der Waals surface area contributed by atoms with Crippen molar-refractivity contribution in [3.05, 3.63) is 22.7 Å². The summed E-state index contributed by atoms with van der Waals surface area (Å²) >= 11 is 5.54. The highest BCUT2D eigenvalue weighted by atomic mass is 35.5. The van der Waals surface area contributed by atoms with Crippen LogP contribution in [0.3, 0.4) is 0 Å². The van der Waals surface area contributed by atoms with Crippen LogP contribution in [0.4, 0.5) is 8.78 Å². The third-order valence-electron chi connectivity index (χ3n) is 1.86. The molecule has 1 aromatic rings. The van der Waals surface area contributed by atoms with Gasteiger partial charge in [0.2, 0.25) is 0 Å². The lowest BCUT2D eigenvalue weighted by Crippen LogP contribution is -2.28. The SMILES string of the molecule is CNCC(F)(F)c1cc(O)c(O)cc1Cl. The molecule has 0 aliphatic rings. The summed E-state index contributed by atoms with van der Waals surface area (Å²) in [6, 6.07) is 1.64. The van der Waals surface area contributed by atoms with E-state index < -0.39 is 29.5 Å². The average Bonchev–Trinajstić information content (AvgIpc) is 2.11. The lowest BCUT2D eigenvalue weighted by Gasteiger charge is -2.18. The van der Waals surface area contributed by atoms with Gasteiger partial charge in [0.25, 0.3) is 5.92 Å². The molecular weight excluding hydrogens is 228 g/mol. The van der Waals surface area contributed by atoms with Gasteiger partial charge in [-0.2, -0.15) is 8.78 Å². The molecular formula is C9H10ClF2NO2. The molecule has 0 spiro atoms. The summed E-state index contributed by atoms with van der Waals surface area (Å²) in [5, 5.41) is 20.1. The molecule has 0 bridgehead atoms. The van der Waals surface area contributed by atoms with Crippen LogP contribution in [0, 0.1) is 0 Å². The smallest absolute Gasteiger partial charge is 0.286 e. The predicted molar refractivity (Wildman–Crippen MR) is 52.6 cm³/mol. The van der Waals surface area contributed by atoms with Crippen LogP contribution < -0.4 is 5.32 Å². The van der Waals surface area contributed by atoms with Crippen LogP contribution in [-0.4, -0.2) is 23.8 Å². The van der Waals surface area contributed by atoms with Gasteiger partial charge in [-0.05, 0) is 13.1 Å². The van der Waals surface area contributed by atoms with Gasteiger partial charge in [-0.1, -0.05) is 11.6 Å². The van der Waals surface area contributed by atoms with E-state index in [0.717, 1.165) is 12.1 Å². The number of hydrogen-bond acceptors (Lipinski definition) is 3. The van der Waals surface area contributed by atoms with E-state index in [0.29, 0.717) is 0 Å². The fraction of sp³-hybridized carbons (Fsp3) is 0.333. The number of phenols is 2. The molecule has 0 unspecified atom stereocenters. The Balaban J connectivity index is 3.19. The Labute approximate surface area is 90.3 Å². The van der Waals surface area contributed by atoms with Gasteiger partial charge in [0.05, 0.1) is 11.6 Å². The lowest BCUT2D eigenvalue weighted by molar-refractivity contribution is -0.00137. The number of hydrogen-bond donors (Lipinski definition) is 3. The van der Waals surface area contributed by atoms with E-state index in [-0.39, 0.29) is 5.02 Å². The maximum absolute atomic E-state index is 13.4. The minimum absolute atomic E-state index is 0.287. The molecule has 0 radical (unpaired) electrons. The maximum atomic E-state index is 13.4. The number of benzene rings is 1. The van der Waals surface area contributed by atoms with E-state index in [4.69, 9.17) is 21.8 Å². The zero-order chi connectivity index (χ0) is 11.6. The van der Waals surface area contributed by atoms with Crippen molar-refractivity contribution >= 4 is 11.6 Å². The van der Waals surface area contributed by atoms with Gasteiger partial charge < -0.3 is 15.5 Å². The molecule has 6 heteroatoms. The first kappa shape index (κ1) is 12.0. The van der Waals surface area contributed by atoms with Crippen LogP contribution in [0.5, 0.6) is 11.5 Å². The molecule has 15 heavy (non-hydrogen) atoms. The molecule has 0 heterocycles. The fourth-order valence-electron chi connectivity index (χ4n) is 1.15. The second-order valence-electron chi connectivity index (χ2n) is 3.06. The number of rotatable bonds is 3. The third-order valence-corrected chi connectivity index (χ3v) is 2.17. The normalized spacial score (nSPS) is 11.7. The Morgan fingerprint density at radius 3 is 2.40 bits per heavy atom. The van der Waals surface area contributed by atoms with Gasteiger partial charge in [-0.3, -0.25) is 0 Å². The van der Waals surface area contributed by atoms with Crippen LogP contribution in [0.15, 0.2) is 12.1 Å². The van der Waals surface area contributed by atoms with Crippen molar-refractivity contribution in [1.29, 1.82) is 0 Å². The quantitative estimate of drug-likeness (QED) is 0.706. The molecule has 0 aromatic heterocycles. The first-order valence-corrected chi connectivity index (χ1v) is 4.50. The highest BCUT2D eigenvalue weighted by Crippen LogP contribution is 2.39. The molecule has 0 amide bonds. The predicted octanol–water partition coefficient (Wildman–Crippen LogP) is 2.06. The summed E-state index contributed by atoms with van der Waals surface area (Å²) in [4.78, 5) is 0. The van der Waals surface area contributed by atoms with E-state index in [1.54, 1.807) is 0 Å². The number of nitrogens with one attached hydrogen (secondary N) is 1. The van der Waals surface area contributed by atoms with Crippen LogP contribution in [0.25, 0.3) is 0 Å². The monoisotopic (exact) mass is 237 g/mol. The van der Waals surface area contributed by atoms with Crippen LogP contribution in [-0.2, 0) is 5.92 Å². The van der Waals surface area contributed by atoms with E-state index in [2.05, 4.69) is 5.32 Å². The minimum atomic E-state index is -3.20. The molecule has 0 atom stereocenters. The van der Waals surface area contributed by atoms with Crippen molar-refractivity contribution in [2.75, 3.05) is 13.6 Å². The van der Waals surface area contributed by atoms with Crippen molar-refractivity contribution < 1.29 is 19.0 Å². The molecule has 84 valence electrons. The molecule has 0 fully saturated rings. The molecule has 0 aliphatic carbocycles. The van der Waals surface area contributed by atoms with E-state index >= 15 is 0 Å². The zero-order valence-corrected chi connectivity index (χ0v) is 8.65. The number of halogens is 3. The second kappa shape index (κ2) is 4.20. The Kier molecular flexibility index (Phi) is 3.36. The summed E-state index contributed by atoms with van der Waals surface area (Å²) in [6.07, 6.45) is 0. The van der Waals surface area contributed by atoms with Crippen LogP contribution in [0.1, 0.15) is 5.56 Å². The van der Waals surface area contributed by atoms with Crippen molar-refractivity contribution in [3.8, 4) is 11.5 Å². The maximum Gasteiger partial charge on any atom is 0.286 e. The lowest BCUT2D eigenvalue weighted by atomic mass is 10.1. The number of phenolic OH excluding ortho intramolecular Hbond substituents is 2. The van der Waals surface area contributed by atoms with Gasteiger partial charge in [0, 0.05) is 11.6 Å². The molecule has 0 saturated carbocycles. The zero-order valence-electron chi connectivity index (χ0n) is 7.89. The van der Waals surface area contributed by atoms with Crippen LogP contribution in [0.2, 0.25) is 5.02 Å². The van der Waals surface area contributed by atoms with Crippen molar-refractivity contribution in [1.82, 2.24) is 5.32 Å². The molecule has 3 nitrogen and oxygen atoms in total. The second-order valence-corrected chi connectivity index (χ2v) is 3.46. The fourth-order valence-corrected chi connectivity index (χ4v) is 1.45. The van der Waals surface area contributed by atoms with Gasteiger partial charge in [0.15, 0.2) is 11.5 Å². The minimum Gasteiger partial charge on any atom is -0.504 e. The molecule has 0 aliphatic heterocycles. The number of likely N-dealkylation sites (N-methyl/N-ethyl adjacent to an activating group) is 1. The largest absolute Gasteiger partial charge is 0.504 e. The van der Waals surface area contributed by atoms with Crippen LogP contribution >= 0.6 is 11.6 Å². The van der Waals surface area contributed by atoms with Crippen molar-refractivity contribution in [2.45, 2.75) is 5.92 Å². The van der Waals surface area contributed by atoms with Gasteiger partial charge in [0.1, 0.15) is 0 Å². The molecule has 3 N–H and O–H groups in total. The highest BCUT2D eigenvalue weighted by Gasteiger charge is 2.33. The van der Waals surface area contributed by atoms with E-state index in [1.807, 2.05) is 0 Å².